The third-order valence-corrected chi connectivity index (χ3v) is 3.62. The zero-order valence-corrected chi connectivity index (χ0v) is 10.4. The lowest BCUT2D eigenvalue weighted by atomic mass is 10.1. The van der Waals surface area contributed by atoms with Crippen LogP contribution in [0.25, 0.3) is 0 Å². The van der Waals surface area contributed by atoms with E-state index >= 15 is 0 Å². The van der Waals surface area contributed by atoms with Crippen molar-refractivity contribution in [3.8, 4) is 0 Å². The molecule has 1 aromatic carbocycles. The molecular weight excluding hydrogens is 252 g/mol. The van der Waals surface area contributed by atoms with Gasteiger partial charge in [0.15, 0.2) is 0 Å². The van der Waals surface area contributed by atoms with Crippen LogP contribution in [0.5, 0.6) is 0 Å². The first-order valence-electron chi connectivity index (χ1n) is 5.54. The average molecular weight is 269 g/mol. The Labute approximate surface area is 99.6 Å². The van der Waals surface area contributed by atoms with Gasteiger partial charge in [-0.3, -0.25) is 0 Å². The van der Waals surface area contributed by atoms with Crippen molar-refractivity contribution in [3.05, 3.63) is 34.3 Å². The van der Waals surface area contributed by atoms with E-state index in [1.807, 2.05) is 0 Å². The molecule has 1 aliphatic heterocycles. The molecule has 15 heavy (non-hydrogen) atoms. The highest BCUT2D eigenvalue weighted by Gasteiger charge is 2.12. The molecule has 0 spiro atoms. The van der Waals surface area contributed by atoms with Crippen molar-refractivity contribution in [1.82, 2.24) is 10.6 Å². The number of rotatable bonds is 4. The fourth-order valence-electron chi connectivity index (χ4n) is 1.94. The van der Waals surface area contributed by atoms with Crippen LogP contribution in [0.3, 0.4) is 0 Å². The highest BCUT2D eigenvalue weighted by Crippen LogP contribution is 2.15. The van der Waals surface area contributed by atoms with E-state index in [-0.39, 0.29) is 0 Å². The predicted octanol–water partition coefficient (Wildman–Crippen LogP) is 1.94. The van der Waals surface area contributed by atoms with Crippen molar-refractivity contribution in [3.63, 3.8) is 0 Å². The molecule has 1 unspecified atom stereocenters. The summed E-state index contributed by atoms with van der Waals surface area (Å²) in [7, 11) is 0. The molecule has 1 aliphatic rings. The molecule has 82 valence electrons. The fourth-order valence-corrected chi connectivity index (χ4v) is 2.42. The topological polar surface area (TPSA) is 24.1 Å². The van der Waals surface area contributed by atoms with Crippen LogP contribution in [0, 0.1) is 0 Å². The van der Waals surface area contributed by atoms with Gasteiger partial charge < -0.3 is 10.6 Å². The summed E-state index contributed by atoms with van der Waals surface area (Å²) < 4.78 is 1.22. The molecule has 0 bridgehead atoms. The molecule has 0 amide bonds. The summed E-state index contributed by atoms with van der Waals surface area (Å²) in [4.78, 5) is 0. The standard InChI is InChI=1S/C12H17BrN2/c13-12-4-2-1-3-10(12)5-8-15-11-6-7-14-9-11/h1-4,11,14-15H,5-9H2. The Bertz CT molecular complexity index is 308. The van der Waals surface area contributed by atoms with Crippen molar-refractivity contribution in [2.24, 2.45) is 0 Å². The molecule has 1 heterocycles. The molecular formula is C12H17BrN2. The molecule has 0 aliphatic carbocycles. The molecule has 2 N–H and O–H groups in total. The minimum absolute atomic E-state index is 0.674. The van der Waals surface area contributed by atoms with E-state index in [1.165, 1.54) is 16.5 Å². The molecule has 2 rings (SSSR count). The van der Waals surface area contributed by atoms with Crippen LogP contribution in [0.4, 0.5) is 0 Å². The summed E-state index contributed by atoms with van der Waals surface area (Å²) in [6.45, 7) is 3.34. The number of benzene rings is 1. The third kappa shape index (κ3) is 3.30. The third-order valence-electron chi connectivity index (χ3n) is 2.85. The first-order chi connectivity index (χ1) is 7.36. The summed E-state index contributed by atoms with van der Waals surface area (Å²) in [5.74, 6) is 0. The van der Waals surface area contributed by atoms with Gasteiger partial charge in [0.25, 0.3) is 0 Å². The van der Waals surface area contributed by atoms with Crippen LogP contribution < -0.4 is 10.6 Å². The maximum atomic E-state index is 3.57. The lowest BCUT2D eigenvalue weighted by molar-refractivity contribution is 0.550. The second-order valence-electron chi connectivity index (χ2n) is 3.99. The van der Waals surface area contributed by atoms with E-state index in [4.69, 9.17) is 0 Å². The van der Waals surface area contributed by atoms with Gasteiger partial charge in [-0.05, 0) is 37.6 Å². The van der Waals surface area contributed by atoms with E-state index in [0.717, 1.165) is 26.1 Å². The Morgan fingerprint density at radius 2 is 2.27 bits per heavy atom. The summed E-state index contributed by atoms with van der Waals surface area (Å²) in [6.07, 6.45) is 2.36. The zero-order chi connectivity index (χ0) is 10.5. The molecule has 1 atom stereocenters. The molecule has 1 saturated heterocycles. The number of hydrogen-bond acceptors (Lipinski definition) is 2. The van der Waals surface area contributed by atoms with Gasteiger partial charge in [-0.25, -0.2) is 0 Å². The van der Waals surface area contributed by atoms with Crippen LogP contribution in [-0.4, -0.2) is 25.7 Å². The molecule has 2 nitrogen and oxygen atoms in total. The Kier molecular flexibility index (Phi) is 4.18. The van der Waals surface area contributed by atoms with Crippen LogP contribution in [-0.2, 0) is 6.42 Å². The van der Waals surface area contributed by atoms with E-state index in [2.05, 4.69) is 50.8 Å². The molecule has 1 aromatic rings. The first kappa shape index (κ1) is 11.1. The summed E-state index contributed by atoms with van der Waals surface area (Å²) in [5.41, 5.74) is 1.39. The smallest absolute Gasteiger partial charge is 0.0207 e. The Hall–Kier alpha value is -0.380. The first-order valence-corrected chi connectivity index (χ1v) is 6.33. The second-order valence-corrected chi connectivity index (χ2v) is 4.84. The molecule has 0 aromatic heterocycles. The fraction of sp³-hybridized carbons (Fsp3) is 0.500. The van der Waals surface area contributed by atoms with Crippen molar-refractivity contribution in [2.75, 3.05) is 19.6 Å². The summed E-state index contributed by atoms with van der Waals surface area (Å²) in [5, 5.41) is 6.93. The van der Waals surface area contributed by atoms with Crippen LogP contribution >= 0.6 is 15.9 Å². The molecule has 3 heteroatoms. The molecule has 1 fully saturated rings. The van der Waals surface area contributed by atoms with Gasteiger partial charge in [-0.15, -0.1) is 0 Å². The van der Waals surface area contributed by atoms with E-state index in [0.29, 0.717) is 6.04 Å². The SMILES string of the molecule is Brc1ccccc1CCNC1CCNC1. The van der Waals surface area contributed by atoms with Gasteiger partial charge in [0.2, 0.25) is 0 Å². The molecule has 0 radical (unpaired) electrons. The highest BCUT2D eigenvalue weighted by molar-refractivity contribution is 9.10. The van der Waals surface area contributed by atoms with Crippen LogP contribution in [0.15, 0.2) is 28.7 Å². The normalized spacial score (nSPS) is 20.7. The monoisotopic (exact) mass is 268 g/mol. The van der Waals surface area contributed by atoms with Gasteiger partial charge in [0.1, 0.15) is 0 Å². The van der Waals surface area contributed by atoms with Crippen molar-refractivity contribution in [1.29, 1.82) is 0 Å². The summed E-state index contributed by atoms with van der Waals surface area (Å²) >= 11 is 3.57. The largest absolute Gasteiger partial charge is 0.315 e. The Morgan fingerprint density at radius 1 is 1.40 bits per heavy atom. The van der Waals surface area contributed by atoms with E-state index < -0.39 is 0 Å². The lowest BCUT2D eigenvalue weighted by Crippen LogP contribution is -2.32. The maximum absolute atomic E-state index is 3.57. The second kappa shape index (κ2) is 5.64. The van der Waals surface area contributed by atoms with Crippen molar-refractivity contribution < 1.29 is 0 Å². The number of hydrogen-bond donors (Lipinski definition) is 2. The highest BCUT2D eigenvalue weighted by atomic mass is 79.9. The zero-order valence-electron chi connectivity index (χ0n) is 8.80. The average Bonchev–Trinajstić information content (AvgIpc) is 2.74. The minimum atomic E-state index is 0.674. The van der Waals surface area contributed by atoms with E-state index in [1.54, 1.807) is 0 Å². The van der Waals surface area contributed by atoms with E-state index in [9.17, 15) is 0 Å². The van der Waals surface area contributed by atoms with Crippen LogP contribution in [0.1, 0.15) is 12.0 Å². The van der Waals surface area contributed by atoms with Gasteiger partial charge >= 0.3 is 0 Å². The van der Waals surface area contributed by atoms with Crippen molar-refractivity contribution in [2.45, 2.75) is 18.9 Å². The van der Waals surface area contributed by atoms with Gasteiger partial charge in [0, 0.05) is 17.1 Å². The quantitative estimate of drug-likeness (QED) is 0.873. The Morgan fingerprint density at radius 3 is 3.00 bits per heavy atom. The van der Waals surface area contributed by atoms with Gasteiger partial charge in [-0.2, -0.15) is 0 Å². The maximum Gasteiger partial charge on any atom is 0.0207 e. The summed E-state index contributed by atoms with van der Waals surface area (Å²) in [6, 6.07) is 9.11. The number of nitrogens with one attached hydrogen (secondary N) is 2. The van der Waals surface area contributed by atoms with Crippen LogP contribution in [0.2, 0.25) is 0 Å². The van der Waals surface area contributed by atoms with Gasteiger partial charge in [0.05, 0.1) is 0 Å². The number of halogens is 1. The Balaban J connectivity index is 1.75. The molecule has 0 saturated carbocycles. The van der Waals surface area contributed by atoms with Gasteiger partial charge in [-0.1, -0.05) is 34.1 Å². The van der Waals surface area contributed by atoms with Crippen molar-refractivity contribution >= 4 is 15.9 Å². The minimum Gasteiger partial charge on any atom is -0.315 e. The lowest BCUT2D eigenvalue weighted by Gasteiger charge is -2.11. The predicted molar refractivity (Wildman–Crippen MR) is 67.1 cm³/mol.